The fraction of sp³-hybridized carbons (Fsp3) is 0.406. The Morgan fingerprint density at radius 2 is 1.44 bits per heavy atom. The third kappa shape index (κ3) is 6.43. The van der Waals surface area contributed by atoms with E-state index in [1.807, 2.05) is 66.7 Å². The van der Waals surface area contributed by atoms with Gasteiger partial charge in [0.1, 0.15) is 5.41 Å². The van der Waals surface area contributed by atoms with Gasteiger partial charge in [0.05, 0.1) is 0 Å². The average Bonchev–Trinajstić information content (AvgIpc) is 3.32. The molecule has 4 N–H and O–H groups in total. The molecule has 0 heterocycles. The highest BCUT2D eigenvalue weighted by Gasteiger charge is 2.45. The number of amides is 1. The summed E-state index contributed by atoms with van der Waals surface area (Å²) in [4.78, 5) is 12.7. The molecule has 4 nitrogen and oxygen atoms in total. The van der Waals surface area contributed by atoms with E-state index in [1.165, 1.54) is 30.9 Å². The summed E-state index contributed by atoms with van der Waals surface area (Å²) in [7, 11) is 0. The normalized spacial score (nSPS) is 13.9. The molecular weight excluding hydrogens is 446 g/mol. The minimum absolute atomic E-state index is 0.194. The number of nitrogens with two attached hydrogens (primary N) is 1. The number of benzene rings is 3. The molecule has 1 aliphatic carbocycles. The van der Waals surface area contributed by atoms with Gasteiger partial charge in [-0.2, -0.15) is 0 Å². The van der Waals surface area contributed by atoms with Gasteiger partial charge in [0.2, 0.25) is 5.91 Å². The first-order valence-corrected chi connectivity index (χ1v) is 13.2. The van der Waals surface area contributed by atoms with E-state index in [0.717, 1.165) is 42.4 Å². The van der Waals surface area contributed by atoms with Gasteiger partial charge in [-0.3, -0.25) is 4.79 Å². The van der Waals surface area contributed by atoms with Crippen molar-refractivity contribution in [1.29, 1.82) is 0 Å². The summed E-state index contributed by atoms with van der Waals surface area (Å²) >= 11 is 0. The van der Waals surface area contributed by atoms with Crippen molar-refractivity contribution in [1.82, 2.24) is 0 Å². The average molecular weight is 488 g/mol. The van der Waals surface area contributed by atoms with Crippen LogP contribution in [0.2, 0.25) is 0 Å². The van der Waals surface area contributed by atoms with Gasteiger partial charge < -0.3 is 15.9 Å². The molecule has 36 heavy (non-hydrogen) atoms. The van der Waals surface area contributed by atoms with Crippen molar-refractivity contribution in [3.63, 3.8) is 0 Å². The van der Waals surface area contributed by atoms with E-state index in [-0.39, 0.29) is 11.8 Å². The maximum absolute atomic E-state index is 12.7. The smallest absolute Gasteiger partial charge is 0.232 e. The summed E-state index contributed by atoms with van der Waals surface area (Å²) in [5.41, 5.74) is 11.1. The number of rotatable bonds is 9. The third-order valence-corrected chi connectivity index (χ3v) is 7.29. The second kappa shape index (κ2) is 12.3. The molecule has 4 heteroatoms. The number of carbonyl (C=O) groups excluding carboxylic acids is 1. The molecule has 0 aromatic heterocycles. The highest BCUT2D eigenvalue weighted by Crippen LogP contribution is 2.43. The summed E-state index contributed by atoms with van der Waals surface area (Å²) < 4.78 is 0. The van der Waals surface area contributed by atoms with Crippen LogP contribution in [0.15, 0.2) is 78.9 Å². The van der Waals surface area contributed by atoms with Gasteiger partial charge in [-0.15, -0.1) is 0 Å². The molecule has 1 atom stereocenters. The molecule has 0 fully saturated rings. The SMILES string of the molecule is CC(O)(O)Cc1ccc2c(c1)CCC2.CCCC(CC)C(C(N)=O)(c1ccccc1)c1ccccc1. The topological polar surface area (TPSA) is 83.6 Å². The zero-order valence-electron chi connectivity index (χ0n) is 21.9. The number of fused-ring (bicyclic) bond motifs is 1. The zero-order valence-corrected chi connectivity index (χ0v) is 21.9. The van der Waals surface area contributed by atoms with Crippen LogP contribution in [0, 0.1) is 5.92 Å². The van der Waals surface area contributed by atoms with Crippen LogP contribution < -0.4 is 5.73 Å². The van der Waals surface area contributed by atoms with Gasteiger partial charge in [0.25, 0.3) is 0 Å². The molecular formula is C32H41NO3. The van der Waals surface area contributed by atoms with E-state index in [4.69, 9.17) is 5.73 Å². The zero-order chi connectivity index (χ0) is 26.2. The Morgan fingerprint density at radius 1 is 0.889 bits per heavy atom. The van der Waals surface area contributed by atoms with Crippen molar-refractivity contribution in [2.45, 2.75) is 76.9 Å². The first-order chi connectivity index (χ1) is 17.2. The standard InChI is InChI=1S/C20H25NO.C12H16O2/c1-3-11-16(4-2)20(19(21)22,17-12-7-5-8-13-17)18-14-9-6-10-15-18;1-12(13,14)8-9-5-6-10-3-2-4-11(10)7-9/h5-10,12-16H,3-4,11H2,1-2H3,(H2,21,22);5-7,13-14H,2-4,8H2,1H3. The molecule has 1 amide bonds. The van der Waals surface area contributed by atoms with Gasteiger partial charge >= 0.3 is 0 Å². The van der Waals surface area contributed by atoms with E-state index >= 15 is 0 Å². The van der Waals surface area contributed by atoms with Crippen LogP contribution in [0.25, 0.3) is 0 Å². The highest BCUT2D eigenvalue weighted by molar-refractivity contribution is 5.91. The molecule has 3 aromatic rings. The van der Waals surface area contributed by atoms with Crippen LogP contribution >= 0.6 is 0 Å². The summed E-state index contributed by atoms with van der Waals surface area (Å²) in [5.74, 6) is -1.66. The Morgan fingerprint density at radius 3 is 1.92 bits per heavy atom. The van der Waals surface area contributed by atoms with Crippen LogP contribution in [0.5, 0.6) is 0 Å². The summed E-state index contributed by atoms with van der Waals surface area (Å²) in [6, 6.07) is 26.2. The van der Waals surface area contributed by atoms with Crippen LogP contribution in [0.1, 0.15) is 74.3 Å². The maximum Gasteiger partial charge on any atom is 0.232 e. The number of hydrogen-bond acceptors (Lipinski definition) is 3. The lowest BCUT2D eigenvalue weighted by Gasteiger charge is -2.39. The molecule has 0 spiro atoms. The molecule has 4 rings (SSSR count). The lowest BCUT2D eigenvalue weighted by atomic mass is 9.63. The van der Waals surface area contributed by atoms with Crippen molar-refractivity contribution in [3.05, 3.63) is 107 Å². The molecule has 0 aliphatic heterocycles. The maximum atomic E-state index is 12.7. The van der Waals surface area contributed by atoms with Crippen molar-refractivity contribution >= 4 is 5.91 Å². The number of carbonyl (C=O) groups is 1. The monoisotopic (exact) mass is 487 g/mol. The largest absolute Gasteiger partial charge is 0.369 e. The van der Waals surface area contributed by atoms with E-state index in [2.05, 4.69) is 26.0 Å². The minimum Gasteiger partial charge on any atom is -0.369 e. The minimum atomic E-state index is -1.59. The molecule has 0 saturated heterocycles. The summed E-state index contributed by atoms with van der Waals surface area (Å²) in [6.07, 6.45) is 6.77. The van der Waals surface area contributed by atoms with E-state index in [9.17, 15) is 15.0 Å². The van der Waals surface area contributed by atoms with Crippen molar-refractivity contribution in [3.8, 4) is 0 Å². The Kier molecular flexibility index (Phi) is 9.47. The Labute approximate surface area is 216 Å². The Hall–Kier alpha value is -2.95. The number of primary amides is 1. The number of hydrogen-bond donors (Lipinski definition) is 3. The molecule has 1 aliphatic rings. The first-order valence-electron chi connectivity index (χ1n) is 13.2. The summed E-state index contributed by atoms with van der Waals surface area (Å²) in [5, 5.41) is 18.6. The lowest BCUT2D eigenvalue weighted by Crippen LogP contribution is -2.48. The summed E-state index contributed by atoms with van der Waals surface area (Å²) in [6.45, 7) is 5.72. The molecule has 0 bridgehead atoms. The predicted molar refractivity (Wildman–Crippen MR) is 147 cm³/mol. The second-order valence-electron chi connectivity index (χ2n) is 10.1. The molecule has 3 aromatic carbocycles. The quantitative estimate of drug-likeness (QED) is 0.338. The van der Waals surface area contributed by atoms with Gasteiger partial charge in [0.15, 0.2) is 5.79 Å². The van der Waals surface area contributed by atoms with Gasteiger partial charge in [-0.1, -0.05) is 106 Å². The third-order valence-electron chi connectivity index (χ3n) is 7.29. The first kappa shape index (κ1) is 27.6. The lowest BCUT2D eigenvalue weighted by molar-refractivity contribution is -0.142. The van der Waals surface area contributed by atoms with Crippen molar-refractivity contribution in [2.24, 2.45) is 11.7 Å². The van der Waals surface area contributed by atoms with Crippen LogP contribution in [-0.2, 0) is 29.5 Å². The molecule has 0 radical (unpaired) electrons. The van der Waals surface area contributed by atoms with Crippen LogP contribution in [0.4, 0.5) is 0 Å². The second-order valence-corrected chi connectivity index (χ2v) is 10.1. The van der Waals surface area contributed by atoms with E-state index in [1.54, 1.807) is 0 Å². The molecule has 192 valence electrons. The van der Waals surface area contributed by atoms with E-state index in [0.29, 0.717) is 6.42 Å². The van der Waals surface area contributed by atoms with Crippen molar-refractivity contribution in [2.75, 3.05) is 0 Å². The van der Waals surface area contributed by atoms with Gasteiger partial charge in [-0.25, -0.2) is 0 Å². The van der Waals surface area contributed by atoms with Crippen LogP contribution in [-0.4, -0.2) is 21.9 Å². The Bertz CT molecular complexity index is 1060. The fourth-order valence-electron chi connectivity index (χ4n) is 5.72. The molecule has 0 saturated carbocycles. The van der Waals surface area contributed by atoms with Crippen molar-refractivity contribution < 1.29 is 15.0 Å². The van der Waals surface area contributed by atoms with Gasteiger partial charge in [-0.05, 0) is 66.3 Å². The number of aryl methyl sites for hydroxylation is 2. The van der Waals surface area contributed by atoms with E-state index < -0.39 is 11.2 Å². The van der Waals surface area contributed by atoms with Gasteiger partial charge in [0, 0.05) is 6.42 Å². The fourth-order valence-corrected chi connectivity index (χ4v) is 5.72. The number of aliphatic hydroxyl groups is 2. The highest BCUT2D eigenvalue weighted by atomic mass is 16.5. The molecule has 1 unspecified atom stereocenters. The predicted octanol–water partition coefficient (Wildman–Crippen LogP) is 5.70. The Balaban J connectivity index is 0.000000221. The van der Waals surface area contributed by atoms with Crippen LogP contribution in [0.3, 0.4) is 0 Å².